The Labute approximate surface area is 90.7 Å². The summed E-state index contributed by atoms with van der Waals surface area (Å²) < 4.78 is 0. The molecule has 72 valence electrons. The second kappa shape index (κ2) is 3.63. The lowest BCUT2D eigenvalue weighted by atomic mass is 10.3. The van der Waals surface area contributed by atoms with Gasteiger partial charge in [0.25, 0.3) is 0 Å². The average Bonchev–Trinajstić information content (AvgIpc) is 2.17. The second-order valence-electron chi connectivity index (χ2n) is 2.77. The number of benzene rings is 1. The molecule has 1 heterocycles. The molecular formula is C9H8ClN3S. The van der Waals surface area contributed by atoms with Crippen molar-refractivity contribution in [1.82, 2.24) is 9.97 Å². The van der Waals surface area contributed by atoms with Crippen molar-refractivity contribution in [3.05, 3.63) is 23.4 Å². The molecule has 0 aliphatic heterocycles. The fourth-order valence-corrected chi connectivity index (χ4v) is 1.93. The molecule has 0 saturated carbocycles. The van der Waals surface area contributed by atoms with E-state index >= 15 is 0 Å². The minimum absolute atomic E-state index is 0.440. The van der Waals surface area contributed by atoms with Gasteiger partial charge in [-0.1, -0.05) is 11.6 Å². The summed E-state index contributed by atoms with van der Waals surface area (Å²) >= 11 is 7.39. The molecule has 2 N–H and O–H groups in total. The number of halogens is 1. The molecule has 0 amide bonds. The van der Waals surface area contributed by atoms with Gasteiger partial charge >= 0.3 is 0 Å². The maximum absolute atomic E-state index is 5.92. The monoisotopic (exact) mass is 225 g/mol. The summed E-state index contributed by atoms with van der Waals surface area (Å²) in [5, 5.41) is 1.17. The number of hydrogen-bond donors (Lipinski definition) is 1. The number of aromatic nitrogens is 2. The van der Waals surface area contributed by atoms with Crippen LogP contribution in [0, 0.1) is 0 Å². The summed E-state index contributed by atoms with van der Waals surface area (Å²) in [4.78, 5) is 8.56. The van der Waals surface area contributed by atoms with Gasteiger partial charge in [-0.2, -0.15) is 0 Å². The van der Waals surface area contributed by atoms with Gasteiger partial charge in [0.05, 0.1) is 11.0 Å². The Kier molecular flexibility index (Phi) is 2.48. The minimum atomic E-state index is 0.440. The third kappa shape index (κ3) is 1.63. The van der Waals surface area contributed by atoms with Crippen LogP contribution < -0.4 is 5.73 Å². The zero-order chi connectivity index (χ0) is 10.1. The predicted octanol–water partition coefficient (Wildman–Crippen LogP) is 2.59. The number of thioether (sulfide) groups is 1. The Hall–Kier alpha value is -1.00. The van der Waals surface area contributed by atoms with Crippen molar-refractivity contribution in [2.45, 2.75) is 5.03 Å². The van der Waals surface area contributed by atoms with Gasteiger partial charge in [-0.25, -0.2) is 9.97 Å². The quantitative estimate of drug-likeness (QED) is 0.599. The molecule has 0 radical (unpaired) electrons. The molecule has 2 aromatic rings. The molecule has 0 saturated heterocycles. The number of nitrogens with zero attached hydrogens (tertiary/aromatic N) is 2. The number of hydrogen-bond acceptors (Lipinski definition) is 4. The second-order valence-corrected chi connectivity index (χ2v) is 3.92. The van der Waals surface area contributed by atoms with Crippen LogP contribution in [0.15, 0.2) is 23.2 Å². The lowest BCUT2D eigenvalue weighted by Gasteiger charge is -2.02. The van der Waals surface area contributed by atoms with Gasteiger partial charge in [0.1, 0.15) is 5.03 Å². The highest BCUT2D eigenvalue weighted by Gasteiger charge is 2.05. The van der Waals surface area contributed by atoms with Gasteiger partial charge in [0.15, 0.2) is 5.15 Å². The molecule has 5 heteroatoms. The van der Waals surface area contributed by atoms with Crippen LogP contribution in [0.3, 0.4) is 0 Å². The van der Waals surface area contributed by atoms with Gasteiger partial charge in [0.2, 0.25) is 0 Å². The SMILES string of the molecule is CSc1nc2cc(N)ccc2nc1Cl. The van der Waals surface area contributed by atoms with Gasteiger partial charge in [-0.3, -0.25) is 0 Å². The number of fused-ring (bicyclic) bond motifs is 1. The van der Waals surface area contributed by atoms with Crippen LogP contribution in [-0.4, -0.2) is 16.2 Å². The minimum Gasteiger partial charge on any atom is -0.399 e. The van der Waals surface area contributed by atoms with Crippen molar-refractivity contribution in [2.75, 3.05) is 12.0 Å². The molecule has 1 aromatic heterocycles. The van der Waals surface area contributed by atoms with E-state index in [1.165, 1.54) is 11.8 Å². The molecule has 3 nitrogen and oxygen atoms in total. The van der Waals surface area contributed by atoms with Crippen LogP contribution in [0.5, 0.6) is 0 Å². The smallest absolute Gasteiger partial charge is 0.161 e. The van der Waals surface area contributed by atoms with Crippen molar-refractivity contribution in [2.24, 2.45) is 0 Å². The predicted molar refractivity (Wildman–Crippen MR) is 60.7 cm³/mol. The van der Waals surface area contributed by atoms with Crippen LogP contribution in [0.1, 0.15) is 0 Å². The van der Waals surface area contributed by atoms with E-state index in [0.717, 1.165) is 16.1 Å². The Bertz CT molecular complexity index is 487. The largest absolute Gasteiger partial charge is 0.399 e. The first-order valence-electron chi connectivity index (χ1n) is 3.97. The summed E-state index contributed by atoms with van der Waals surface area (Å²) in [5.74, 6) is 0. The molecule has 0 fully saturated rings. The topological polar surface area (TPSA) is 51.8 Å². The first-order valence-corrected chi connectivity index (χ1v) is 5.58. The van der Waals surface area contributed by atoms with Gasteiger partial charge in [-0.05, 0) is 24.5 Å². The lowest BCUT2D eigenvalue weighted by Crippen LogP contribution is -1.91. The Morgan fingerprint density at radius 3 is 2.79 bits per heavy atom. The third-order valence-electron chi connectivity index (χ3n) is 1.81. The van der Waals surface area contributed by atoms with Crippen molar-refractivity contribution >= 4 is 40.1 Å². The van der Waals surface area contributed by atoms with E-state index in [1.54, 1.807) is 12.1 Å². The molecule has 2 rings (SSSR count). The summed E-state index contributed by atoms with van der Waals surface area (Å²) in [6.07, 6.45) is 1.91. The van der Waals surface area contributed by atoms with Crippen LogP contribution >= 0.6 is 23.4 Å². The van der Waals surface area contributed by atoms with Crippen molar-refractivity contribution in [3.8, 4) is 0 Å². The number of rotatable bonds is 1. The molecule has 0 aliphatic carbocycles. The fourth-order valence-electron chi connectivity index (χ4n) is 1.16. The van der Waals surface area contributed by atoms with E-state index in [2.05, 4.69) is 9.97 Å². The van der Waals surface area contributed by atoms with Crippen LogP contribution in [0.25, 0.3) is 11.0 Å². The van der Waals surface area contributed by atoms with E-state index in [-0.39, 0.29) is 0 Å². The fraction of sp³-hybridized carbons (Fsp3) is 0.111. The van der Waals surface area contributed by atoms with Gasteiger partial charge in [-0.15, -0.1) is 11.8 Å². The average molecular weight is 226 g/mol. The van der Waals surface area contributed by atoms with E-state index in [0.29, 0.717) is 10.8 Å². The normalized spacial score (nSPS) is 10.7. The van der Waals surface area contributed by atoms with Crippen LogP contribution in [0.2, 0.25) is 5.15 Å². The highest BCUT2D eigenvalue weighted by molar-refractivity contribution is 7.98. The summed E-state index contributed by atoms with van der Waals surface area (Å²) in [7, 11) is 0. The highest BCUT2D eigenvalue weighted by atomic mass is 35.5. The van der Waals surface area contributed by atoms with Crippen LogP contribution in [-0.2, 0) is 0 Å². The molecule has 0 unspecified atom stereocenters. The van der Waals surface area contributed by atoms with E-state index in [1.807, 2.05) is 12.3 Å². The zero-order valence-electron chi connectivity index (χ0n) is 7.49. The molecule has 14 heavy (non-hydrogen) atoms. The molecule has 0 spiro atoms. The van der Waals surface area contributed by atoms with Gasteiger partial charge < -0.3 is 5.73 Å². The Balaban J connectivity index is 2.73. The first-order chi connectivity index (χ1) is 6.70. The number of nitrogens with two attached hydrogens (primary N) is 1. The van der Waals surface area contributed by atoms with E-state index < -0.39 is 0 Å². The summed E-state index contributed by atoms with van der Waals surface area (Å²) in [5.41, 5.74) is 7.87. The maximum atomic E-state index is 5.92. The number of nitrogen functional groups attached to an aromatic ring is 1. The number of anilines is 1. The van der Waals surface area contributed by atoms with Gasteiger partial charge in [0, 0.05) is 5.69 Å². The molecule has 0 atom stereocenters. The highest BCUT2D eigenvalue weighted by Crippen LogP contribution is 2.24. The lowest BCUT2D eigenvalue weighted by molar-refractivity contribution is 1.13. The standard InChI is InChI=1S/C9H8ClN3S/c1-14-9-8(10)12-6-3-2-5(11)4-7(6)13-9/h2-4H,11H2,1H3. The summed E-state index contributed by atoms with van der Waals surface area (Å²) in [6.45, 7) is 0. The van der Waals surface area contributed by atoms with E-state index in [4.69, 9.17) is 17.3 Å². The Morgan fingerprint density at radius 2 is 2.07 bits per heavy atom. The maximum Gasteiger partial charge on any atom is 0.161 e. The molecular weight excluding hydrogens is 218 g/mol. The Morgan fingerprint density at radius 1 is 1.29 bits per heavy atom. The van der Waals surface area contributed by atoms with Crippen molar-refractivity contribution < 1.29 is 0 Å². The first kappa shape index (κ1) is 9.55. The van der Waals surface area contributed by atoms with E-state index in [9.17, 15) is 0 Å². The molecule has 0 bridgehead atoms. The van der Waals surface area contributed by atoms with Crippen molar-refractivity contribution in [1.29, 1.82) is 0 Å². The molecule has 1 aromatic carbocycles. The zero-order valence-corrected chi connectivity index (χ0v) is 9.06. The summed E-state index contributed by atoms with van der Waals surface area (Å²) in [6, 6.07) is 5.39. The third-order valence-corrected chi connectivity index (χ3v) is 2.86. The van der Waals surface area contributed by atoms with Crippen molar-refractivity contribution in [3.63, 3.8) is 0 Å². The molecule has 0 aliphatic rings. The van der Waals surface area contributed by atoms with Crippen LogP contribution in [0.4, 0.5) is 5.69 Å².